The van der Waals surface area contributed by atoms with Gasteiger partial charge in [-0.3, -0.25) is 4.79 Å². The second kappa shape index (κ2) is 9.91. The molecule has 1 amide bonds. The van der Waals surface area contributed by atoms with E-state index >= 15 is 0 Å². The fourth-order valence-electron chi connectivity index (χ4n) is 2.48. The molecule has 0 aliphatic carbocycles. The van der Waals surface area contributed by atoms with Crippen LogP contribution in [0.15, 0.2) is 47.4 Å². The predicted octanol–water partition coefficient (Wildman–Crippen LogP) is 2.45. The van der Waals surface area contributed by atoms with Crippen LogP contribution in [0.3, 0.4) is 0 Å². The molecule has 0 saturated heterocycles. The van der Waals surface area contributed by atoms with E-state index < -0.39 is 10.0 Å². The average Bonchev–Trinajstić information content (AvgIpc) is 2.69. The topological polar surface area (TPSA) is 112 Å². The van der Waals surface area contributed by atoms with Crippen LogP contribution in [0.4, 0.5) is 11.4 Å². The lowest BCUT2D eigenvalue weighted by molar-refractivity contribution is -0.114. The van der Waals surface area contributed by atoms with Gasteiger partial charge >= 0.3 is 0 Å². The number of carbonyl (C=O) groups excluding carboxylic acids is 1. The lowest BCUT2D eigenvalue weighted by Gasteiger charge is -2.17. The van der Waals surface area contributed by atoms with E-state index in [1.54, 1.807) is 43.3 Å². The number of ether oxygens (including phenoxy) is 1. The summed E-state index contributed by atoms with van der Waals surface area (Å²) >= 11 is 0. The molecule has 0 atom stereocenters. The molecule has 29 heavy (non-hydrogen) atoms. The van der Waals surface area contributed by atoms with Gasteiger partial charge in [0.25, 0.3) is 0 Å². The number of amides is 1. The number of anilines is 2. The van der Waals surface area contributed by atoms with Crippen molar-refractivity contribution in [3.8, 4) is 11.8 Å². The third kappa shape index (κ3) is 5.94. The highest BCUT2D eigenvalue weighted by Crippen LogP contribution is 2.29. The van der Waals surface area contributed by atoms with Gasteiger partial charge in [0, 0.05) is 25.5 Å². The smallest absolute Gasteiger partial charge is 0.246 e. The number of nitrogens with one attached hydrogen (secondary N) is 2. The zero-order valence-corrected chi connectivity index (χ0v) is 17.4. The van der Waals surface area contributed by atoms with Crippen LogP contribution in [-0.4, -0.2) is 45.9 Å². The Balaban J connectivity index is 2.08. The van der Waals surface area contributed by atoms with Crippen molar-refractivity contribution in [3.63, 3.8) is 0 Å². The van der Waals surface area contributed by atoms with E-state index in [0.717, 1.165) is 9.87 Å². The van der Waals surface area contributed by atoms with Gasteiger partial charge in [-0.25, -0.2) is 12.7 Å². The Hall–Kier alpha value is -3.09. The Bertz CT molecular complexity index is 996. The lowest BCUT2D eigenvalue weighted by Crippen LogP contribution is -2.24. The minimum Gasteiger partial charge on any atom is -0.492 e. The molecule has 2 aromatic rings. The summed E-state index contributed by atoms with van der Waals surface area (Å²) < 4.78 is 31.6. The molecule has 0 heterocycles. The van der Waals surface area contributed by atoms with Gasteiger partial charge in [0.05, 0.1) is 25.6 Å². The lowest BCUT2D eigenvalue weighted by atomic mass is 10.1. The number of benzene rings is 2. The van der Waals surface area contributed by atoms with Crippen molar-refractivity contribution in [2.75, 3.05) is 37.9 Å². The molecule has 0 aliphatic rings. The molecular weight excluding hydrogens is 392 g/mol. The molecule has 154 valence electrons. The number of carbonyl (C=O) groups is 1. The Kier molecular flexibility index (Phi) is 7.59. The minimum atomic E-state index is -3.70. The van der Waals surface area contributed by atoms with Crippen molar-refractivity contribution >= 4 is 27.3 Å². The van der Waals surface area contributed by atoms with Crippen LogP contribution in [0.25, 0.3) is 0 Å². The van der Waals surface area contributed by atoms with E-state index in [0.29, 0.717) is 24.4 Å². The molecule has 0 aromatic heterocycles. The molecular formula is C20H24N4O4S. The second-order valence-corrected chi connectivity index (χ2v) is 8.44. The van der Waals surface area contributed by atoms with Crippen molar-refractivity contribution in [1.29, 1.82) is 5.26 Å². The summed E-state index contributed by atoms with van der Waals surface area (Å²) in [6.45, 7) is 2.06. The second-order valence-electron chi connectivity index (χ2n) is 6.32. The molecule has 0 aliphatic heterocycles. The van der Waals surface area contributed by atoms with Crippen molar-refractivity contribution < 1.29 is 17.9 Å². The van der Waals surface area contributed by atoms with E-state index in [-0.39, 0.29) is 23.1 Å². The summed E-state index contributed by atoms with van der Waals surface area (Å²) in [6, 6.07) is 13.7. The van der Waals surface area contributed by atoms with Gasteiger partial charge in [-0.15, -0.1) is 0 Å². The highest BCUT2D eigenvalue weighted by Gasteiger charge is 2.23. The van der Waals surface area contributed by atoms with Crippen LogP contribution in [0.2, 0.25) is 0 Å². The first kappa shape index (κ1) is 22.2. The molecule has 0 saturated carbocycles. The highest BCUT2D eigenvalue weighted by molar-refractivity contribution is 7.89. The van der Waals surface area contributed by atoms with Gasteiger partial charge < -0.3 is 15.4 Å². The minimum absolute atomic E-state index is 0.0304. The fraction of sp³-hybridized carbons (Fsp3) is 0.300. The number of nitrogens with zero attached hydrogens (tertiary/aromatic N) is 2. The first-order valence-corrected chi connectivity index (χ1v) is 10.4. The van der Waals surface area contributed by atoms with Gasteiger partial charge in [-0.05, 0) is 42.8 Å². The van der Waals surface area contributed by atoms with Gasteiger partial charge in [-0.1, -0.05) is 12.1 Å². The number of hydrogen-bond acceptors (Lipinski definition) is 6. The van der Waals surface area contributed by atoms with Gasteiger partial charge in [-0.2, -0.15) is 5.26 Å². The highest BCUT2D eigenvalue weighted by atomic mass is 32.2. The number of nitriles is 1. The van der Waals surface area contributed by atoms with Crippen LogP contribution in [0.5, 0.6) is 5.75 Å². The monoisotopic (exact) mass is 416 g/mol. The maximum absolute atomic E-state index is 12.6. The van der Waals surface area contributed by atoms with Crippen molar-refractivity contribution in [1.82, 2.24) is 4.31 Å². The molecule has 2 aromatic carbocycles. The van der Waals surface area contributed by atoms with Crippen LogP contribution < -0.4 is 15.4 Å². The fourth-order valence-corrected chi connectivity index (χ4v) is 3.53. The number of rotatable bonds is 9. The molecule has 2 N–H and O–H groups in total. The quantitative estimate of drug-likeness (QED) is 0.649. The predicted molar refractivity (Wildman–Crippen MR) is 111 cm³/mol. The number of sulfonamides is 1. The van der Waals surface area contributed by atoms with Gasteiger partial charge in [0.2, 0.25) is 15.9 Å². The van der Waals surface area contributed by atoms with Crippen molar-refractivity contribution in [2.45, 2.75) is 18.2 Å². The first-order valence-electron chi connectivity index (χ1n) is 8.97. The normalized spacial score (nSPS) is 11.0. The Morgan fingerprint density at radius 2 is 1.79 bits per heavy atom. The van der Waals surface area contributed by atoms with Crippen LogP contribution in [-0.2, 0) is 21.2 Å². The summed E-state index contributed by atoms with van der Waals surface area (Å²) in [5.74, 6) is -0.0300. The summed E-state index contributed by atoms with van der Waals surface area (Å²) in [5, 5.41) is 14.3. The molecule has 9 heteroatoms. The van der Waals surface area contributed by atoms with E-state index in [4.69, 9.17) is 10.00 Å². The molecule has 0 bridgehead atoms. The molecule has 0 spiro atoms. The summed E-state index contributed by atoms with van der Waals surface area (Å²) in [7, 11) is -0.813. The van der Waals surface area contributed by atoms with Crippen LogP contribution in [0, 0.1) is 11.3 Å². The standard InChI is InChI=1S/C20H24N4O4S/c1-4-28-18-10-9-17(13-19(18)29(26,27)24(2)3)22-14-20(25)23-16-7-5-15(6-8-16)11-12-21/h5-10,13,22H,4,11,14H2,1-3H3,(H,23,25). The molecule has 0 fully saturated rings. The Labute approximate surface area is 171 Å². The Morgan fingerprint density at radius 1 is 1.14 bits per heavy atom. The van der Waals surface area contributed by atoms with Crippen molar-refractivity contribution in [3.05, 3.63) is 48.0 Å². The zero-order valence-electron chi connectivity index (χ0n) is 16.6. The third-order valence-electron chi connectivity index (χ3n) is 3.98. The van der Waals surface area contributed by atoms with Gasteiger partial charge in [0.1, 0.15) is 10.6 Å². The van der Waals surface area contributed by atoms with E-state index in [1.165, 1.54) is 20.2 Å². The summed E-state index contributed by atoms with van der Waals surface area (Å²) in [5.41, 5.74) is 1.96. The first-order chi connectivity index (χ1) is 13.8. The van der Waals surface area contributed by atoms with Crippen molar-refractivity contribution in [2.24, 2.45) is 0 Å². The SMILES string of the molecule is CCOc1ccc(NCC(=O)Nc2ccc(CC#N)cc2)cc1S(=O)(=O)N(C)C. The Morgan fingerprint density at radius 3 is 2.38 bits per heavy atom. The maximum Gasteiger partial charge on any atom is 0.246 e. The van der Waals surface area contributed by atoms with Gasteiger partial charge in [0.15, 0.2) is 0 Å². The largest absolute Gasteiger partial charge is 0.492 e. The summed E-state index contributed by atoms with van der Waals surface area (Å²) in [4.78, 5) is 12.2. The van der Waals surface area contributed by atoms with Crippen LogP contribution >= 0.6 is 0 Å². The molecule has 8 nitrogen and oxygen atoms in total. The van der Waals surface area contributed by atoms with Crippen LogP contribution in [0.1, 0.15) is 12.5 Å². The zero-order chi connectivity index (χ0) is 21.4. The maximum atomic E-state index is 12.6. The number of hydrogen-bond donors (Lipinski definition) is 2. The average molecular weight is 417 g/mol. The summed E-state index contributed by atoms with van der Waals surface area (Å²) in [6.07, 6.45) is 0.311. The molecule has 0 radical (unpaired) electrons. The van der Waals surface area contributed by atoms with E-state index in [9.17, 15) is 13.2 Å². The van der Waals surface area contributed by atoms with E-state index in [2.05, 4.69) is 16.7 Å². The third-order valence-corrected chi connectivity index (χ3v) is 5.81. The molecule has 0 unspecified atom stereocenters. The van der Waals surface area contributed by atoms with E-state index in [1.807, 2.05) is 0 Å². The molecule has 2 rings (SSSR count).